The summed E-state index contributed by atoms with van der Waals surface area (Å²) in [5.74, 6) is -1.73. The Balaban J connectivity index is 0.00000225. The van der Waals surface area contributed by atoms with Gasteiger partial charge in [-0.25, -0.2) is 17.4 Å². The highest BCUT2D eigenvalue weighted by molar-refractivity contribution is 7.95. The van der Waals surface area contributed by atoms with Gasteiger partial charge in [-0.15, -0.1) is 12.4 Å². The second-order valence-corrected chi connectivity index (χ2v) is 6.80. The third kappa shape index (κ3) is 3.33. The Bertz CT molecular complexity index is 906. The van der Waals surface area contributed by atoms with Gasteiger partial charge in [-0.1, -0.05) is 24.3 Å². The number of para-hydroxylation sites is 2. The van der Waals surface area contributed by atoms with Crippen LogP contribution in [0.3, 0.4) is 0 Å². The second-order valence-electron chi connectivity index (χ2n) is 5.09. The van der Waals surface area contributed by atoms with Gasteiger partial charge >= 0.3 is 10.2 Å². The fraction of sp³-hybridized carbons (Fsp3) is 0.125. The van der Waals surface area contributed by atoms with Crippen molar-refractivity contribution in [3.63, 3.8) is 0 Å². The SMILES string of the molecule is Cl.NC/C=C/CN1c2ccccc2N(c2ccc(F)cc2F)S1(=O)=O. The summed E-state index contributed by atoms with van der Waals surface area (Å²) in [7, 11) is -4.04. The molecule has 2 N–H and O–H groups in total. The Morgan fingerprint density at radius 2 is 1.68 bits per heavy atom. The number of nitrogens with two attached hydrogens (primary N) is 1. The standard InChI is InChI=1S/C16H15F2N3O2S.ClH/c17-12-7-8-14(13(18)11-12)21-16-6-2-1-5-15(16)20(24(21,22)23)10-4-3-9-19;/h1-8,11H,9-10,19H2;1H/b4-3+;. The lowest BCUT2D eigenvalue weighted by atomic mass is 10.2. The molecule has 2 aromatic carbocycles. The van der Waals surface area contributed by atoms with E-state index < -0.39 is 21.8 Å². The minimum absolute atomic E-state index is 0. The molecule has 2 aromatic rings. The zero-order valence-corrected chi connectivity index (χ0v) is 14.6. The van der Waals surface area contributed by atoms with E-state index in [4.69, 9.17) is 5.73 Å². The molecule has 0 aromatic heterocycles. The fourth-order valence-corrected chi connectivity index (χ4v) is 4.23. The number of fused-ring (bicyclic) bond motifs is 1. The van der Waals surface area contributed by atoms with Gasteiger partial charge in [-0.3, -0.25) is 0 Å². The van der Waals surface area contributed by atoms with Gasteiger partial charge in [0.2, 0.25) is 0 Å². The zero-order chi connectivity index (χ0) is 17.3. The first-order valence-electron chi connectivity index (χ1n) is 7.19. The third-order valence-corrected chi connectivity index (χ3v) is 5.34. The molecule has 0 saturated heterocycles. The summed E-state index contributed by atoms with van der Waals surface area (Å²) in [6, 6.07) is 9.34. The van der Waals surface area contributed by atoms with Crippen molar-refractivity contribution in [2.24, 2.45) is 5.73 Å². The summed E-state index contributed by atoms with van der Waals surface area (Å²) in [4.78, 5) is 0. The molecule has 1 aliphatic rings. The van der Waals surface area contributed by atoms with Crippen LogP contribution < -0.4 is 14.3 Å². The Hall–Kier alpha value is -2.16. The van der Waals surface area contributed by atoms with E-state index in [2.05, 4.69) is 0 Å². The summed E-state index contributed by atoms with van der Waals surface area (Å²) < 4.78 is 55.2. The molecule has 5 nitrogen and oxygen atoms in total. The van der Waals surface area contributed by atoms with Gasteiger partial charge in [-0.05, 0) is 24.3 Å². The maximum atomic E-state index is 14.2. The number of anilines is 3. The first-order valence-corrected chi connectivity index (χ1v) is 8.58. The minimum Gasteiger partial charge on any atom is -0.327 e. The van der Waals surface area contributed by atoms with Crippen LogP contribution in [-0.4, -0.2) is 21.5 Å². The van der Waals surface area contributed by atoms with E-state index >= 15 is 0 Å². The molecule has 0 radical (unpaired) electrons. The molecule has 1 aliphatic heterocycles. The lowest BCUT2D eigenvalue weighted by Gasteiger charge is -2.21. The molecule has 0 bridgehead atoms. The average Bonchev–Trinajstić information content (AvgIpc) is 2.76. The van der Waals surface area contributed by atoms with Crippen LogP contribution in [0, 0.1) is 11.6 Å². The van der Waals surface area contributed by atoms with Crippen molar-refractivity contribution in [3.8, 4) is 0 Å². The number of nitrogens with zero attached hydrogens (tertiary/aromatic N) is 2. The molecule has 0 aliphatic carbocycles. The molecule has 1 heterocycles. The predicted molar refractivity (Wildman–Crippen MR) is 96.6 cm³/mol. The highest BCUT2D eigenvalue weighted by Crippen LogP contribution is 2.45. The van der Waals surface area contributed by atoms with Gasteiger partial charge in [0.05, 0.1) is 23.6 Å². The van der Waals surface area contributed by atoms with E-state index in [-0.39, 0.29) is 31.2 Å². The topological polar surface area (TPSA) is 66.6 Å². The third-order valence-electron chi connectivity index (χ3n) is 3.58. The lowest BCUT2D eigenvalue weighted by molar-refractivity contribution is 0.579. The molecular formula is C16H16ClF2N3O2S. The maximum Gasteiger partial charge on any atom is 0.331 e. The van der Waals surface area contributed by atoms with E-state index in [0.717, 1.165) is 20.7 Å². The minimum atomic E-state index is -4.04. The van der Waals surface area contributed by atoms with Gasteiger partial charge in [0, 0.05) is 12.6 Å². The van der Waals surface area contributed by atoms with Crippen molar-refractivity contribution in [1.29, 1.82) is 0 Å². The van der Waals surface area contributed by atoms with E-state index in [1.807, 2.05) is 0 Å². The van der Waals surface area contributed by atoms with Crippen LogP contribution in [0.25, 0.3) is 0 Å². The maximum absolute atomic E-state index is 14.2. The van der Waals surface area contributed by atoms with Crippen LogP contribution in [-0.2, 0) is 10.2 Å². The second kappa shape index (κ2) is 7.38. The molecule has 3 rings (SSSR count). The number of rotatable bonds is 4. The van der Waals surface area contributed by atoms with E-state index in [9.17, 15) is 17.2 Å². The Labute approximate surface area is 150 Å². The molecule has 25 heavy (non-hydrogen) atoms. The van der Waals surface area contributed by atoms with Crippen LogP contribution in [0.1, 0.15) is 0 Å². The summed E-state index contributed by atoms with van der Waals surface area (Å²) in [6.45, 7) is 0.349. The van der Waals surface area contributed by atoms with Gasteiger partial charge < -0.3 is 5.73 Å². The number of halogens is 3. The molecular weight excluding hydrogens is 372 g/mol. The van der Waals surface area contributed by atoms with Crippen molar-refractivity contribution < 1.29 is 17.2 Å². The summed E-state index contributed by atoms with van der Waals surface area (Å²) in [6.07, 6.45) is 3.26. The molecule has 0 unspecified atom stereocenters. The lowest BCUT2D eigenvalue weighted by Crippen LogP contribution is -2.35. The largest absolute Gasteiger partial charge is 0.331 e. The highest BCUT2D eigenvalue weighted by Gasteiger charge is 2.41. The van der Waals surface area contributed by atoms with Crippen molar-refractivity contribution in [1.82, 2.24) is 0 Å². The molecule has 0 amide bonds. The molecule has 0 spiro atoms. The summed E-state index contributed by atoms with van der Waals surface area (Å²) in [5, 5.41) is 0. The number of hydrogen-bond acceptors (Lipinski definition) is 3. The predicted octanol–water partition coefficient (Wildman–Crippen LogP) is 3.10. The first kappa shape index (κ1) is 19.2. The van der Waals surface area contributed by atoms with E-state index in [1.54, 1.807) is 36.4 Å². The normalized spacial score (nSPS) is 15.3. The highest BCUT2D eigenvalue weighted by atomic mass is 35.5. The summed E-state index contributed by atoms with van der Waals surface area (Å²) >= 11 is 0. The van der Waals surface area contributed by atoms with Crippen LogP contribution >= 0.6 is 12.4 Å². The van der Waals surface area contributed by atoms with Crippen molar-refractivity contribution in [2.75, 3.05) is 21.7 Å². The van der Waals surface area contributed by atoms with Crippen LogP contribution in [0.15, 0.2) is 54.6 Å². The quantitative estimate of drug-likeness (QED) is 0.820. The van der Waals surface area contributed by atoms with E-state index in [1.165, 1.54) is 0 Å². The van der Waals surface area contributed by atoms with Crippen LogP contribution in [0.5, 0.6) is 0 Å². The molecule has 0 saturated carbocycles. The zero-order valence-electron chi connectivity index (χ0n) is 13.0. The Morgan fingerprint density at radius 1 is 1.00 bits per heavy atom. The average molecular weight is 388 g/mol. The molecule has 134 valence electrons. The van der Waals surface area contributed by atoms with Gasteiger partial charge in [0.1, 0.15) is 5.82 Å². The Morgan fingerprint density at radius 3 is 2.32 bits per heavy atom. The van der Waals surface area contributed by atoms with Crippen molar-refractivity contribution in [2.45, 2.75) is 0 Å². The van der Waals surface area contributed by atoms with Crippen LogP contribution in [0.4, 0.5) is 25.8 Å². The van der Waals surface area contributed by atoms with Gasteiger partial charge in [-0.2, -0.15) is 8.42 Å². The number of benzene rings is 2. The van der Waals surface area contributed by atoms with Gasteiger partial charge in [0.15, 0.2) is 5.82 Å². The molecule has 0 atom stereocenters. The van der Waals surface area contributed by atoms with Crippen LogP contribution in [0.2, 0.25) is 0 Å². The first-order chi connectivity index (χ1) is 11.5. The molecule has 9 heteroatoms. The van der Waals surface area contributed by atoms with E-state index in [0.29, 0.717) is 17.4 Å². The van der Waals surface area contributed by atoms with Gasteiger partial charge in [0.25, 0.3) is 0 Å². The Kier molecular flexibility index (Phi) is 5.66. The number of hydrogen-bond donors (Lipinski definition) is 1. The fourth-order valence-electron chi connectivity index (χ4n) is 2.55. The molecule has 0 fully saturated rings. The summed E-state index contributed by atoms with van der Waals surface area (Å²) in [5.41, 5.74) is 5.88. The van der Waals surface area contributed by atoms with Crippen molar-refractivity contribution >= 4 is 39.7 Å². The monoisotopic (exact) mass is 387 g/mol. The van der Waals surface area contributed by atoms with Crippen molar-refractivity contribution in [3.05, 3.63) is 66.3 Å². The smallest absolute Gasteiger partial charge is 0.327 e.